The molecule has 0 bridgehead atoms. The lowest BCUT2D eigenvalue weighted by Crippen LogP contribution is -2.36. The van der Waals surface area contributed by atoms with Gasteiger partial charge in [0.1, 0.15) is 0 Å². The van der Waals surface area contributed by atoms with Gasteiger partial charge >= 0.3 is 0 Å². The average Bonchev–Trinajstić information content (AvgIpc) is 3.04. The van der Waals surface area contributed by atoms with Crippen molar-refractivity contribution in [3.63, 3.8) is 0 Å². The van der Waals surface area contributed by atoms with Crippen molar-refractivity contribution in [3.8, 4) is 11.5 Å². The number of hydrogen-bond donors (Lipinski definition) is 2. The number of nitrogens with one attached hydrogen (secondary N) is 2. The summed E-state index contributed by atoms with van der Waals surface area (Å²) in [5, 5.41) is 7.53. The summed E-state index contributed by atoms with van der Waals surface area (Å²) in [7, 11) is 0. The molecule has 2 aromatic heterocycles. The zero-order valence-electron chi connectivity index (χ0n) is 11.8. The maximum absolute atomic E-state index is 5.33. The second kappa shape index (κ2) is 6.52. The Kier molecular flexibility index (Phi) is 4.74. The minimum Gasteiger partial charge on any atom is -0.359 e. The molecule has 5 heteroatoms. The lowest BCUT2D eigenvalue weighted by Gasteiger charge is -2.20. The van der Waals surface area contributed by atoms with Gasteiger partial charge in [-0.15, -0.1) is 0 Å². The highest BCUT2D eigenvalue weighted by Crippen LogP contribution is 2.15. The van der Waals surface area contributed by atoms with Crippen molar-refractivity contribution in [1.82, 2.24) is 20.4 Å². The largest absolute Gasteiger partial charge is 0.359 e. The smallest absolute Gasteiger partial charge is 0.228 e. The maximum atomic E-state index is 5.33. The van der Waals surface area contributed by atoms with Crippen LogP contribution in [-0.2, 0) is 6.42 Å². The Labute approximate surface area is 113 Å². The molecule has 5 nitrogen and oxygen atoms in total. The van der Waals surface area contributed by atoms with Gasteiger partial charge in [-0.05, 0) is 31.0 Å². The summed E-state index contributed by atoms with van der Waals surface area (Å²) in [6, 6.07) is 4.23. The zero-order valence-corrected chi connectivity index (χ0v) is 11.8. The van der Waals surface area contributed by atoms with Crippen LogP contribution in [0.1, 0.15) is 33.1 Å². The van der Waals surface area contributed by atoms with E-state index in [9.17, 15) is 0 Å². The summed E-state index contributed by atoms with van der Waals surface area (Å²) in [4.78, 5) is 7.51. The molecule has 1 atom stereocenters. The highest BCUT2D eigenvalue weighted by Gasteiger charge is 2.17. The second-order valence-electron chi connectivity index (χ2n) is 5.10. The fourth-order valence-corrected chi connectivity index (χ4v) is 1.98. The van der Waals surface area contributed by atoms with E-state index in [1.807, 2.05) is 18.3 Å². The molecule has 0 radical (unpaired) electrons. The Morgan fingerprint density at radius 2 is 2.26 bits per heavy atom. The molecule has 0 spiro atoms. The van der Waals surface area contributed by atoms with Crippen molar-refractivity contribution >= 4 is 0 Å². The standard InChI is InChI=1S/C14H22N4O/c1-4-7-15-12(10(2)3)9-13-17-14(18-19-13)11-6-5-8-16-11/h5-6,8,10,12,15-16H,4,7,9H2,1-3H3. The molecule has 2 rings (SSSR count). The normalized spacial score (nSPS) is 13.1. The molecule has 0 aliphatic carbocycles. The predicted octanol–water partition coefficient (Wildman–Crippen LogP) is 2.63. The Hall–Kier alpha value is -1.62. The van der Waals surface area contributed by atoms with Crippen LogP contribution < -0.4 is 5.32 Å². The van der Waals surface area contributed by atoms with Gasteiger partial charge in [0.15, 0.2) is 0 Å². The van der Waals surface area contributed by atoms with E-state index in [1.165, 1.54) is 0 Å². The molecule has 1 unspecified atom stereocenters. The minimum absolute atomic E-state index is 0.372. The maximum Gasteiger partial charge on any atom is 0.228 e. The lowest BCUT2D eigenvalue weighted by molar-refractivity contribution is 0.326. The first-order chi connectivity index (χ1) is 9.20. The van der Waals surface area contributed by atoms with Crippen LogP contribution in [0.2, 0.25) is 0 Å². The fraction of sp³-hybridized carbons (Fsp3) is 0.571. The number of hydrogen-bond acceptors (Lipinski definition) is 4. The van der Waals surface area contributed by atoms with Crippen LogP contribution in [0.25, 0.3) is 11.5 Å². The quantitative estimate of drug-likeness (QED) is 0.805. The van der Waals surface area contributed by atoms with Gasteiger partial charge in [0.25, 0.3) is 0 Å². The number of rotatable bonds is 7. The van der Waals surface area contributed by atoms with Crippen molar-refractivity contribution in [3.05, 3.63) is 24.2 Å². The van der Waals surface area contributed by atoms with E-state index in [1.54, 1.807) is 0 Å². The van der Waals surface area contributed by atoms with Crippen molar-refractivity contribution in [2.75, 3.05) is 6.54 Å². The van der Waals surface area contributed by atoms with Gasteiger partial charge in [-0.2, -0.15) is 4.98 Å². The summed E-state index contributed by atoms with van der Waals surface area (Å²) >= 11 is 0. The number of aromatic amines is 1. The molecule has 0 fully saturated rings. The topological polar surface area (TPSA) is 66.7 Å². The first kappa shape index (κ1) is 13.8. The van der Waals surface area contributed by atoms with Gasteiger partial charge in [-0.1, -0.05) is 25.9 Å². The Morgan fingerprint density at radius 1 is 1.42 bits per heavy atom. The molecule has 0 aliphatic heterocycles. The number of aromatic nitrogens is 3. The van der Waals surface area contributed by atoms with Gasteiger partial charge in [-0.25, -0.2) is 0 Å². The van der Waals surface area contributed by atoms with Crippen LogP contribution in [0, 0.1) is 5.92 Å². The van der Waals surface area contributed by atoms with E-state index in [0.29, 0.717) is 23.7 Å². The molecule has 19 heavy (non-hydrogen) atoms. The predicted molar refractivity (Wildman–Crippen MR) is 74.7 cm³/mol. The summed E-state index contributed by atoms with van der Waals surface area (Å²) in [6.07, 6.45) is 3.75. The SMILES string of the molecule is CCCNC(Cc1nc(-c2ccc[nH]2)no1)C(C)C. The molecule has 0 saturated heterocycles. The molecular weight excluding hydrogens is 240 g/mol. The molecule has 2 N–H and O–H groups in total. The van der Waals surface area contributed by atoms with Crippen molar-refractivity contribution in [2.24, 2.45) is 5.92 Å². The van der Waals surface area contributed by atoms with E-state index >= 15 is 0 Å². The van der Waals surface area contributed by atoms with Gasteiger partial charge < -0.3 is 14.8 Å². The Bertz CT molecular complexity index is 475. The van der Waals surface area contributed by atoms with Gasteiger partial charge in [0.05, 0.1) is 5.69 Å². The van der Waals surface area contributed by atoms with E-state index in [0.717, 1.165) is 25.1 Å². The lowest BCUT2D eigenvalue weighted by atomic mass is 10.0. The summed E-state index contributed by atoms with van der Waals surface area (Å²) in [5.41, 5.74) is 0.887. The van der Waals surface area contributed by atoms with Crippen LogP contribution in [0.5, 0.6) is 0 Å². The first-order valence-electron chi connectivity index (χ1n) is 6.90. The molecule has 0 amide bonds. The third kappa shape index (κ3) is 3.67. The molecule has 0 aliphatic rings. The molecular formula is C14H22N4O. The molecule has 2 aromatic rings. The first-order valence-corrected chi connectivity index (χ1v) is 6.90. The van der Waals surface area contributed by atoms with Crippen LogP contribution in [0.3, 0.4) is 0 Å². The Balaban J connectivity index is 2.01. The van der Waals surface area contributed by atoms with Crippen molar-refractivity contribution in [2.45, 2.75) is 39.7 Å². The fourth-order valence-electron chi connectivity index (χ4n) is 1.98. The number of H-pyrrole nitrogens is 1. The van der Waals surface area contributed by atoms with Gasteiger partial charge in [-0.3, -0.25) is 0 Å². The van der Waals surface area contributed by atoms with Crippen LogP contribution >= 0.6 is 0 Å². The second-order valence-corrected chi connectivity index (χ2v) is 5.10. The molecule has 104 valence electrons. The van der Waals surface area contributed by atoms with E-state index < -0.39 is 0 Å². The number of nitrogens with zero attached hydrogens (tertiary/aromatic N) is 2. The highest BCUT2D eigenvalue weighted by atomic mass is 16.5. The van der Waals surface area contributed by atoms with Gasteiger partial charge in [0.2, 0.25) is 11.7 Å². The third-order valence-corrected chi connectivity index (χ3v) is 3.16. The highest BCUT2D eigenvalue weighted by molar-refractivity contribution is 5.47. The molecule has 2 heterocycles. The summed E-state index contributed by atoms with van der Waals surface area (Å²) < 4.78 is 5.33. The van der Waals surface area contributed by atoms with Gasteiger partial charge in [0, 0.05) is 18.7 Å². The average molecular weight is 262 g/mol. The zero-order chi connectivity index (χ0) is 13.7. The van der Waals surface area contributed by atoms with Crippen LogP contribution in [0.15, 0.2) is 22.9 Å². The van der Waals surface area contributed by atoms with E-state index in [-0.39, 0.29) is 0 Å². The van der Waals surface area contributed by atoms with Crippen molar-refractivity contribution < 1.29 is 4.52 Å². The molecule has 0 saturated carbocycles. The minimum atomic E-state index is 0.372. The van der Waals surface area contributed by atoms with Crippen molar-refractivity contribution in [1.29, 1.82) is 0 Å². The Morgan fingerprint density at radius 3 is 2.89 bits per heavy atom. The van der Waals surface area contributed by atoms with Crippen LogP contribution in [0.4, 0.5) is 0 Å². The van der Waals surface area contributed by atoms with Crippen LogP contribution in [-0.4, -0.2) is 27.7 Å². The van der Waals surface area contributed by atoms with E-state index in [2.05, 4.69) is 41.2 Å². The molecule has 0 aromatic carbocycles. The monoisotopic (exact) mass is 262 g/mol. The third-order valence-electron chi connectivity index (χ3n) is 3.16. The van der Waals surface area contributed by atoms with E-state index in [4.69, 9.17) is 4.52 Å². The summed E-state index contributed by atoms with van der Waals surface area (Å²) in [5.74, 6) is 1.84. The summed E-state index contributed by atoms with van der Waals surface area (Å²) in [6.45, 7) is 7.59.